The zero-order valence-electron chi connectivity index (χ0n) is 9.13. The summed E-state index contributed by atoms with van der Waals surface area (Å²) in [4.78, 5) is 0. The smallest absolute Gasteiger partial charge is 1.00 e. The summed E-state index contributed by atoms with van der Waals surface area (Å²) in [5, 5.41) is 0. The monoisotopic (exact) mass is 242 g/mol. The fraction of sp³-hybridized carbons (Fsp3) is 0.250. The predicted molar refractivity (Wildman–Crippen MR) is 55.2 cm³/mol. The van der Waals surface area contributed by atoms with Crippen LogP contribution in [0.3, 0.4) is 0 Å². The van der Waals surface area contributed by atoms with Crippen LogP contribution in [0.1, 0.15) is 2.85 Å². The van der Waals surface area contributed by atoms with Crippen LogP contribution < -0.4 is 9.47 Å². The Hall–Kier alpha value is 0.0662. The molecule has 0 unspecified atom stereocenters. The van der Waals surface area contributed by atoms with E-state index in [4.69, 9.17) is 9.47 Å². The number of hydrogen-bond acceptors (Lipinski definition) is 2. The molecule has 0 radical (unpaired) electrons. The van der Waals surface area contributed by atoms with Gasteiger partial charge in [-0.05, 0) is 28.1 Å². The van der Waals surface area contributed by atoms with Crippen LogP contribution in [0.15, 0.2) is 22.7 Å². The van der Waals surface area contributed by atoms with Crippen LogP contribution in [-0.4, -0.2) is 37.3 Å². The fourth-order valence-electron chi connectivity index (χ4n) is 0.767. The van der Waals surface area contributed by atoms with E-state index in [1.54, 1.807) is 14.2 Å². The maximum absolute atomic E-state index is 5.06. The van der Waals surface area contributed by atoms with Gasteiger partial charge < -0.3 is 12.3 Å². The van der Waals surface area contributed by atoms with Crippen molar-refractivity contribution in [3.05, 3.63) is 22.7 Å². The molecule has 0 bridgehead atoms. The van der Waals surface area contributed by atoms with Gasteiger partial charge in [0.1, 0.15) is 11.5 Å². The summed E-state index contributed by atoms with van der Waals surface area (Å²) in [6.45, 7) is 0. The fourth-order valence-corrected chi connectivity index (χ4v) is 1.18. The summed E-state index contributed by atoms with van der Waals surface area (Å²) in [6.07, 6.45) is 0. The molecule has 12 heavy (non-hydrogen) atoms. The summed E-state index contributed by atoms with van der Waals surface area (Å²) in [5.74, 6) is 1.58. The number of ether oxygens (including phenoxy) is 2. The molecule has 0 heterocycles. The summed E-state index contributed by atoms with van der Waals surface area (Å²) < 4.78 is 11.0. The quantitative estimate of drug-likeness (QED) is 0.742. The first-order valence-electron chi connectivity index (χ1n) is 3.15. The summed E-state index contributed by atoms with van der Waals surface area (Å²) in [6, 6.07) is 5.58. The Bertz CT molecular complexity index is 261. The normalized spacial score (nSPS) is 8.58. The van der Waals surface area contributed by atoms with Gasteiger partial charge in [0, 0.05) is 6.07 Å². The Labute approximate surface area is 99.5 Å². The zero-order valence-corrected chi connectivity index (χ0v) is 10.1. The second-order valence-corrected chi connectivity index (χ2v) is 2.85. The Kier molecular flexibility index (Phi) is 5.70. The molecule has 0 fully saturated rings. The van der Waals surface area contributed by atoms with E-state index in [9.17, 15) is 0 Å². The van der Waals surface area contributed by atoms with E-state index >= 15 is 0 Å². The van der Waals surface area contributed by atoms with Gasteiger partial charge in [-0.15, -0.1) is 0 Å². The topological polar surface area (TPSA) is 18.5 Å². The summed E-state index contributed by atoms with van der Waals surface area (Å²) >= 11 is 3.34. The van der Waals surface area contributed by atoms with Crippen molar-refractivity contribution < 1.29 is 12.3 Å². The molecule has 0 atom stereocenters. The van der Waals surface area contributed by atoms with Gasteiger partial charge in [-0.2, -0.15) is 0 Å². The molecule has 0 aliphatic heterocycles. The van der Waals surface area contributed by atoms with Crippen molar-refractivity contribution >= 4 is 39.0 Å². The Morgan fingerprint density at radius 3 is 2.42 bits per heavy atom. The Morgan fingerprint density at radius 2 is 1.92 bits per heavy atom. The van der Waals surface area contributed by atoms with Gasteiger partial charge in [-0.25, -0.2) is 0 Å². The average molecular weight is 243 g/mol. The molecule has 1 aromatic rings. The molecule has 0 aliphatic rings. The van der Waals surface area contributed by atoms with E-state index in [0.717, 1.165) is 16.0 Å². The van der Waals surface area contributed by atoms with Crippen LogP contribution in [0.2, 0.25) is 0 Å². The van der Waals surface area contributed by atoms with Crippen LogP contribution in [0.25, 0.3) is 0 Å². The van der Waals surface area contributed by atoms with Crippen LogP contribution in [0.5, 0.6) is 11.5 Å². The van der Waals surface area contributed by atoms with Crippen LogP contribution >= 0.6 is 15.9 Å². The molecule has 0 aromatic heterocycles. The minimum Gasteiger partial charge on any atom is -1.00 e. The molecular weight excluding hydrogens is 232 g/mol. The van der Waals surface area contributed by atoms with E-state index in [0.29, 0.717) is 0 Å². The van der Waals surface area contributed by atoms with Gasteiger partial charge in [0.15, 0.2) is 0 Å². The molecule has 2 nitrogen and oxygen atoms in total. The molecule has 0 saturated carbocycles. The molecule has 0 aliphatic carbocycles. The van der Waals surface area contributed by atoms with Crippen molar-refractivity contribution in [3.63, 3.8) is 0 Å². The van der Waals surface area contributed by atoms with E-state index in [-0.39, 0.29) is 25.9 Å². The first kappa shape index (κ1) is 12.1. The van der Waals surface area contributed by atoms with Crippen molar-refractivity contribution in [2.45, 2.75) is 0 Å². The van der Waals surface area contributed by atoms with Crippen molar-refractivity contribution in [1.29, 1.82) is 0 Å². The standard InChI is InChI=1S/C8H9BrO2.Mg.2H/c1-10-6-3-4-7(9)8(5-6)11-2;;;/h3-5H,1-2H3;;;/q;+2;2*-1. The second kappa shape index (κ2) is 5.67. The van der Waals surface area contributed by atoms with E-state index in [1.807, 2.05) is 18.2 Å². The maximum Gasteiger partial charge on any atom is 2.00 e. The van der Waals surface area contributed by atoms with Crippen molar-refractivity contribution in [3.8, 4) is 11.5 Å². The van der Waals surface area contributed by atoms with Crippen molar-refractivity contribution in [2.24, 2.45) is 0 Å². The van der Waals surface area contributed by atoms with Crippen LogP contribution in [0.4, 0.5) is 0 Å². The summed E-state index contributed by atoms with van der Waals surface area (Å²) in [5.41, 5.74) is 0. The number of hydrogen-bond donors (Lipinski definition) is 0. The average Bonchev–Trinajstić information content (AvgIpc) is 2.05. The molecule has 4 heteroatoms. The largest absolute Gasteiger partial charge is 2.00 e. The predicted octanol–water partition coefficient (Wildman–Crippen LogP) is 2.31. The first-order valence-corrected chi connectivity index (χ1v) is 3.94. The van der Waals surface area contributed by atoms with E-state index in [2.05, 4.69) is 15.9 Å². The molecule has 1 aromatic carbocycles. The Balaban J connectivity index is -0.000000403. The third-order valence-electron chi connectivity index (χ3n) is 1.36. The minimum atomic E-state index is 0. The number of halogens is 1. The summed E-state index contributed by atoms with van der Waals surface area (Å²) in [7, 11) is 3.25. The molecule has 0 saturated heterocycles. The van der Waals surface area contributed by atoms with E-state index < -0.39 is 0 Å². The van der Waals surface area contributed by atoms with Gasteiger partial charge in [-0.1, -0.05) is 0 Å². The van der Waals surface area contributed by atoms with Crippen molar-refractivity contribution in [2.75, 3.05) is 14.2 Å². The van der Waals surface area contributed by atoms with Gasteiger partial charge in [0.2, 0.25) is 0 Å². The van der Waals surface area contributed by atoms with Crippen LogP contribution in [0, 0.1) is 0 Å². The minimum absolute atomic E-state index is 0. The van der Waals surface area contributed by atoms with Gasteiger partial charge in [0.25, 0.3) is 0 Å². The van der Waals surface area contributed by atoms with Crippen LogP contribution in [-0.2, 0) is 0 Å². The van der Waals surface area contributed by atoms with Gasteiger partial charge in [-0.3, -0.25) is 0 Å². The number of rotatable bonds is 2. The molecule has 0 amide bonds. The third kappa shape index (κ3) is 2.84. The molecule has 64 valence electrons. The SMILES string of the molecule is COc1ccc(Br)c(OC)c1.[H-].[H-].[Mg+2]. The van der Waals surface area contributed by atoms with Gasteiger partial charge in [0.05, 0.1) is 18.7 Å². The Morgan fingerprint density at radius 1 is 1.25 bits per heavy atom. The molecule has 0 N–H and O–H groups in total. The second-order valence-electron chi connectivity index (χ2n) is 2.00. The van der Waals surface area contributed by atoms with E-state index in [1.165, 1.54) is 0 Å². The maximum atomic E-state index is 5.06. The molecular formula is C8H11BrMgO2. The number of benzene rings is 1. The van der Waals surface area contributed by atoms with Crippen molar-refractivity contribution in [1.82, 2.24) is 0 Å². The van der Waals surface area contributed by atoms with Gasteiger partial charge >= 0.3 is 23.1 Å². The number of methoxy groups -OCH3 is 2. The third-order valence-corrected chi connectivity index (χ3v) is 2.01. The zero-order chi connectivity index (χ0) is 8.27. The molecule has 0 spiro atoms. The molecule has 1 rings (SSSR count). The first-order chi connectivity index (χ1) is 5.27.